The number of nitrogens with zero attached hydrogens (tertiary/aromatic N) is 1. The molecule has 2 N–H and O–H groups in total. The third-order valence-electron chi connectivity index (χ3n) is 2.56. The molecule has 1 heterocycles. The number of likely N-dealkylation sites (tertiary alicyclic amines) is 1. The quantitative estimate of drug-likeness (QED) is 0.659. The van der Waals surface area contributed by atoms with Crippen LogP contribution in [0.2, 0.25) is 0 Å². The fourth-order valence-electron chi connectivity index (χ4n) is 1.65. The average Bonchev–Trinajstić information content (AvgIpc) is 2.50. The average molecular weight is 170 g/mol. The normalized spacial score (nSPS) is 25.9. The summed E-state index contributed by atoms with van der Waals surface area (Å²) in [6.45, 7) is 5.74. The molecule has 1 fully saturated rings. The first-order chi connectivity index (χ1) is 5.65. The first-order valence-electron chi connectivity index (χ1n) is 4.69. The predicted molar refractivity (Wildman–Crippen MR) is 48.6 cm³/mol. The van der Waals surface area contributed by atoms with Crippen LogP contribution in [0.25, 0.3) is 0 Å². The lowest BCUT2D eigenvalue weighted by molar-refractivity contribution is -0.131. The standard InChI is InChI=1S/C9H18N2O/c1-3-8-4-5-11(6-8)9(12)7(2)10/h7-8H,3-6,10H2,1-2H3/t7-,8?/m0/s1. The highest BCUT2D eigenvalue weighted by atomic mass is 16.2. The Labute approximate surface area is 73.9 Å². The first-order valence-corrected chi connectivity index (χ1v) is 4.69. The second kappa shape index (κ2) is 3.90. The molecule has 1 unspecified atom stereocenters. The highest BCUT2D eigenvalue weighted by Gasteiger charge is 2.26. The van der Waals surface area contributed by atoms with Crippen molar-refractivity contribution in [3.05, 3.63) is 0 Å². The van der Waals surface area contributed by atoms with Gasteiger partial charge in [-0.05, 0) is 19.3 Å². The maximum Gasteiger partial charge on any atom is 0.239 e. The van der Waals surface area contributed by atoms with E-state index in [0.717, 1.165) is 19.5 Å². The molecule has 0 spiro atoms. The number of rotatable bonds is 2. The zero-order chi connectivity index (χ0) is 9.14. The molecule has 0 bridgehead atoms. The van der Waals surface area contributed by atoms with Gasteiger partial charge in [-0.25, -0.2) is 0 Å². The molecule has 0 saturated carbocycles. The third kappa shape index (κ3) is 1.97. The molecule has 1 rings (SSSR count). The Kier molecular flexibility index (Phi) is 3.09. The van der Waals surface area contributed by atoms with Gasteiger partial charge in [0.15, 0.2) is 0 Å². The molecule has 70 valence electrons. The molecule has 0 aliphatic carbocycles. The van der Waals surface area contributed by atoms with E-state index in [1.165, 1.54) is 6.42 Å². The van der Waals surface area contributed by atoms with Gasteiger partial charge >= 0.3 is 0 Å². The molecular weight excluding hydrogens is 152 g/mol. The maximum absolute atomic E-state index is 11.4. The molecule has 1 aliphatic heterocycles. The van der Waals surface area contributed by atoms with E-state index in [1.807, 2.05) is 4.90 Å². The van der Waals surface area contributed by atoms with Gasteiger partial charge in [-0.2, -0.15) is 0 Å². The van der Waals surface area contributed by atoms with Crippen molar-refractivity contribution in [1.82, 2.24) is 4.90 Å². The number of hydrogen-bond acceptors (Lipinski definition) is 2. The van der Waals surface area contributed by atoms with Gasteiger partial charge in [0.2, 0.25) is 5.91 Å². The van der Waals surface area contributed by atoms with Crippen molar-refractivity contribution in [3.63, 3.8) is 0 Å². The van der Waals surface area contributed by atoms with Crippen molar-refractivity contribution < 1.29 is 4.79 Å². The zero-order valence-electron chi connectivity index (χ0n) is 7.92. The summed E-state index contributed by atoms with van der Waals surface area (Å²) in [5, 5.41) is 0. The van der Waals surface area contributed by atoms with Gasteiger partial charge in [0.1, 0.15) is 0 Å². The van der Waals surface area contributed by atoms with Crippen LogP contribution in [0.3, 0.4) is 0 Å². The molecule has 3 heteroatoms. The minimum absolute atomic E-state index is 0.103. The SMILES string of the molecule is CCC1CCN(C(=O)[C@H](C)N)C1. The molecule has 1 aliphatic rings. The second-order valence-corrected chi connectivity index (χ2v) is 3.64. The lowest BCUT2D eigenvalue weighted by atomic mass is 10.1. The number of nitrogens with two attached hydrogens (primary N) is 1. The summed E-state index contributed by atoms with van der Waals surface area (Å²) >= 11 is 0. The van der Waals surface area contributed by atoms with Crippen molar-refractivity contribution >= 4 is 5.91 Å². The van der Waals surface area contributed by atoms with E-state index in [1.54, 1.807) is 6.92 Å². The van der Waals surface area contributed by atoms with E-state index in [9.17, 15) is 4.79 Å². The molecule has 3 nitrogen and oxygen atoms in total. The van der Waals surface area contributed by atoms with Crippen LogP contribution < -0.4 is 5.73 Å². The molecule has 0 aromatic rings. The van der Waals surface area contributed by atoms with Gasteiger partial charge in [-0.3, -0.25) is 4.79 Å². The topological polar surface area (TPSA) is 46.3 Å². The van der Waals surface area contributed by atoms with Crippen LogP contribution >= 0.6 is 0 Å². The Morgan fingerprint density at radius 2 is 2.42 bits per heavy atom. The highest BCUT2D eigenvalue weighted by Crippen LogP contribution is 2.19. The van der Waals surface area contributed by atoms with Gasteiger partial charge in [-0.1, -0.05) is 13.3 Å². The molecule has 0 radical (unpaired) electrons. The van der Waals surface area contributed by atoms with Crippen molar-refractivity contribution in [1.29, 1.82) is 0 Å². The molecule has 0 aromatic heterocycles. The third-order valence-corrected chi connectivity index (χ3v) is 2.56. The molecule has 1 saturated heterocycles. The predicted octanol–water partition coefficient (Wildman–Crippen LogP) is 0.592. The van der Waals surface area contributed by atoms with Gasteiger partial charge < -0.3 is 10.6 Å². The van der Waals surface area contributed by atoms with Crippen LogP contribution in [0.15, 0.2) is 0 Å². The van der Waals surface area contributed by atoms with Crippen molar-refractivity contribution in [3.8, 4) is 0 Å². The van der Waals surface area contributed by atoms with Gasteiger partial charge in [-0.15, -0.1) is 0 Å². The fourth-order valence-corrected chi connectivity index (χ4v) is 1.65. The summed E-state index contributed by atoms with van der Waals surface area (Å²) in [4.78, 5) is 13.3. The summed E-state index contributed by atoms with van der Waals surface area (Å²) in [7, 11) is 0. The number of amides is 1. The Morgan fingerprint density at radius 3 is 2.83 bits per heavy atom. The Balaban J connectivity index is 2.41. The van der Waals surface area contributed by atoms with Crippen LogP contribution in [-0.4, -0.2) is 29.9 Å². The lowest BCUT2D eigenvalue weighted by Crippen LogP contribution is -2.40. The number of hydrogen-bond donors (Lipinski definition) is 1. The van der Waals surface area contributed by atoms with E-state index in [-0.39, 0.29) is 11.9 Å². The first kappa shape index (κ1) is 9.52. The summed E-state index contributed by atoms with van der Waals surface area (Å²) in [6, 6.07) is -0.333. The Morgan fingerprint density at radius 1 is 1.75 bits per heavy atom. The van der Waals surface area contributed by atoms with Crippen LogP contribution in [0.4, 0.5) is 0 Å². The highest BCUT2D eigenvalue weighted by molar-refractivity contribution is 5.81. The van der Waals surface area contributed by atoms with Gasteiger partial charge in [0, 0.05) is 13.1 Å². The monoisotopic (exact) mass is 170 g/mol. The molecule has 1 amide bonds. The second-order valence-electron chi connectivity index (χ2n) is 3.64. The summed E-state index contributed by atoms with van der Waals surface area (Å²) < 4.78 is 0. The zero-order valence-corrected chi connectivity index (χ0v) is 7.92. The van der Waals surface area contributed by atoms with Crippen molar-refractivity contribution in [2.45, 2.75) is 32.7 Å². The molecule has 12 heavy (non-hydrogen) atoms. The van der Waals surface area contributed by atoms with Gasteiger partial charge in [0.25, 0.3) is 0 Å². The fraction of sp³-hybridized carbons (Fsp3) is 0.889. The maximum atomic E-state index is 11.4. The van der Waals surface area contributed by atoms with Crippen LogP contribution in [-0.2, 0) is 4.79 Å². The number of carbonyl (C=O) groups is 1. The minimum Gasteiger partial charge on any atom is -0.341 e. The van der Waals surface area contributed by atoms with Crippen molar-refractivity contribution in [2.75, 3.05) is 13.1 Å². The van der Waals surface area contributed by atoms with E-state index < -0.39 is 0 Å². The largest absolute Gasteiger partial charge is 0.341 e. The van der Waals surface area contributed by atoms with Crippen LogP contribution in [0.5, 0.6) is 0 Å². The van der Waals surface area contributed by atoms with E-state index in [4.69, 9.17) is 5.73 Å². The van der Waals surface area contributed by atoms with Crippen molar-refractivity contribution in [2.24, 2.45) is 11.7 Å². The molecular formula is C9H18N2O. The van der Waals surface area contributed by atoms with Crippen LogP contribution in [0, 0.1) is 5.92 Å². The van der Waals surface area contributed by atoms with Gasteiger partial charge in [0.05, 0.1) is 6.04 Å². The van der Waals surface area contributed by atoms with Crippen LogP contribution in [0.1, 0.15) is 26.7 Å². The molecule has 2 atom stereocenters. The Hall–Kier alpha value is -0.570. The Bertz CT molecular complexity index is 168. The smallest absolute Gasteiger partial charge is 0.239 e. The minimum atomic E-state index is -0.333. The summed E-state index contributed by atoms with van der Waals surface area (Å²) in [5.41, 5.74) is 5.51. The van der Waals surface area contributed by atoms with E-state index in [0.29, 0.717) is 5.92 Å². The van der Waals surface area contributed by atoms with E-state index in [2.05, 4.69) is 6.92 Å². The summed E-state index contributed by atoms with van der Waals surface area (Å²) in [5.74, 6) is 0.804. The number of carbonyl (C=O) groups excluding carboxylic acids is 1. The van der Waals surface area contributed by atoms with E-state index >= 15 is 0 Å². The lowest BCUT2D eigenvalue weighted by Gasteiger charge is -2.18. The summed E-state index contributed by atoms with van der Waals surface area (Å²) in [6.07, 6.45) is 2.32. The molecule has 0 aromatic carbocycles.